The first-order valence-electron chi connectivity index (χ1n) is 10.2. The molecule has 8 heteroatoms. The Labute approximate surface area is 192 Å². The molecule has 0 spiro atoms. The average Bonchev–Trinajstić information content (AvgIpc) is 3.12. The maximum absolute atomic E-state index is 12.6. The van der Waals surface area contributed by atoms with Crippen LogP contribution in [0.25, 0.3) is 0 Å². The van der Waals surface area contributed by atoms with Gasteiger partial charge in [0.25, 0.3) is 0 Å². The summed E-state index contributed by atoms with van der Waals surface area (Å²) in [4.78, 5) is 12.6. The van der Waals surface area contributed by atoms with Crippen LogP contribution in [0, 0.1) is 6.92 Å². The zero-order valence-corrected chi connectivity index (χ0v) is 19.8. The number of hydrogen-bond acceptors (Lipinski definition) is 5. The van der Waals surface area contributed by atoms with Gasteiger partial charge in [0.1, 0.15) is 12.4 Å². The van der Waals surface area contributed by atoms with Crippen LogP contribution in [0.1, 0.15) is 36.4 Å². The molecule has 1 amide bonds. The van der Waals surface area contributed by atoms with Gasteiger partial charge in [0.15, 0.2) is 11.0 Å². The van der Waals surface area contributed by atoms with Crippen molar-refractivity contribution in [1.82, 2.24) is 14.8 Å². The molecule has 0 aliphatic rings. The molecule has 1 N–H and O–H groups in total. The van der Waals surface area contributed by atoms with E-state index in [0.29, 0.717) is 16.0 Å². The van der Waals surface area contributed by atoms with E-state index in [1.165, 1.54) is 11.8 Å². The Morgan fingerprint density at radius 1 is 1.16 bits per heavy atom. The molecule has 0 unspecified atom stereocenters. The maximum atomic E-state index is 12.6. The lowest BCUT2D eigenvalue weighted by molar-refractivity contribution is -0.113. The molecule has 2 aromatic carbocycles. The SMILES string of the molecule is CCc1cccc(CC)c1NC(=O)CSc1nnc(COc2ccc(Cl)c(C)c2)n1C. The van der Waals surface area contributed by atoms with Crippen LogP contribution in [0.4, 0.5) is 5.69 Å². The zero-order chi connectivity index (χ0) is 22.4. The van der Waals surface area contributed by atoms with Gasteiger partial charge in [-0.25, -0.2) is 0 Å². The van der Waals surface area contributed by atoms with E-state index in [2.05, 4.69) is 41.5 Å². The number of hydrogen-bond donors (Lipinski definition) is 1. The van der Waals surface area contributed by atoms with Crippen molar-refractivity contribution in [1.29, 1.82) is 0 Å². The Morgan fingerprint density at radius 2 is 1.87 bits per heavy atom. The van der Waals surface area contributed by atoms with Gasteiger partial charge < -0.3 is 14.6 Å². The molecule has 0 saturated carbocycles. The Bertz CT molecular complexity index is 1050. The number of nitrogens with one attached hydrogen (secondary N) is 1. The van der Waals surface area contributed by atoms with Gasteiger partial charge >= 0.3 is 0 Å². The number of nitrogens with zero attached hydrogens (tertiary/aromatic N) is 3. The molecular formula is C23H27ClN4O2S. The number of benzene rings is 2. The fourth-order valence-electron chi connectivity index (χ4n) is 3.16. The minimum absolute atomic E-state index is 0.0574. The van der Waals surface area contributed by atoms with Gasteiger partial charge in [-0.3, -0.25) is 4.79 Å². The number of aromatic nitrogens is 3. The first-order valence-corrected chi connectivity index (χ1v) is 11.6. The molecule has 164 valence electrons. The highest BCUT2D eigenvalue weighted by atomic mass is 35.5. The number of ether oxygens (including phenoxy) is 1. The number of carbonyl (C=O) groups excluding carboxylic acids is 1. The van der Waals surface area contributed by atoms with Crippen molar-refractivity contribution in [2.45, 2.75) is 45.4 Å². The first-order chi connectivity index (χ1) is 14.9. The maximum Gasteiger partial charge on any atom is 0.234 e. The number of aryl methyl sites for hydroxylation is 3. The summed E-state index contributed by atoms with van der Waals surface area (Å²) in [6.07, 6.45) is 1.74. The second kappa shape index (κ2) is 10.7. The molecule has 31 heavy (non-hydrogen) atoms. The predicted octanol–water partition coefficient (Wildman–Crippen LogP) is 5.21. The van der Waals surface area contributed by atoms with Crippen molar-refractivity contribution in [3.8, 4) is 5.75 Å². The van der Waals surface area contributed by atoms with Crippen molar-refractivity contribution < 1.29 is 9.53 Å². The smallest absolute Gasteiger partial charge is 0.234 e. The Hall–Kier alpha value is -2.51. The lowest BCUT2D eigenvalue weighted by atomic mass is 10.0. The monoisotopic (exact) mass is 458 g/mol. The highest BCUT2D eigenvalue weighted by Crippen LogP contribution is 2.24. The molecule has 0 radical (unpaired) electrons. The minimum atomic E-state index is -0.0574. The van der Waals surface area contributed by atoms with Crippen LogP contribution in [-0.2, 0) is 31.3 Å². The summed E-state index contributed by atoms with van der Waals surface area (Å²) in [5.74, 6) is 1.60. The van der Waals surface area contributed by atoms with E-state index in [9.17, 15) is 4.79 Å². The third kappa shape index (κ3) is 5.80. The largest absolute Gasteiger partial charge is 0.486 e. The normalized spacial score (nSPS) is 10.9. The fraction of sp³-hybridized carbons (Fsp3) is 0.348. The Kier molecular flexibility index (Phi) is 7.98. The van der Waals surface area contributed by atoms with E-state index in [4.69, 9.17) is 16.3 Å². The molecular weight excluding hydrogens is 432 g/mol. The lowest BCUT2D eigenvalue weighted by Gasteiger charge is -2.14. The summed E-state index contributed by atoms with van der Waals surface area (Å²) >= 11 is 7.41. The van der Waals surface area contributed by atoms with Crippen molar-refractivity contribution in [2.24, 2.45) is 7.05 Å². The molecule has 3 aromatic rings. The van der Waals surface area contributed by atoms with Crippen molar-refractivity contribution in [3.63, 3.8) is 0 Å². The van der Waals surface area contributed by atoms with Gasteiger partial charge in [0, 0.05) is 17.8 Å². The molecule has 0 aliphatic heterocycles. The van der Waals surface area contributed by atoms with E-state index >= 15 is 0 Å². The van der Waals surface area contributed by atoms with Crippen LogP contribution < -0.4 is 10.1 Å². The molecule has 0 fully saturated rings. The predicted molar refractivity (Wildman–Crippen MR) is 126 cm³/mol. The number of amides is 1. The summed E-state index contributed by atoms with van der Waals surface area (Å²) in [5, 5.41) is 12.9. The summed E-state index contributed by atoms with van der Waals surface area (Å²) in [6.45, 7) is 6.39. The summed E-state index contributed by atoms with van der Waals surface area (Å²) in [7, 11) is 1.87. The van der Waals surface area contributed by atoms with Gasteiger partial charge in [-0.1, -0.05) is 55.4 Å². The third-order valence-electron chi connectivity index (χ3n) is 5.02. The van der Waals surface area contributed by atoms with Crippen LogP contribution in [-0.4, -0.2) is 26.4 Å². The standard InChI is InChI=1S/C23H27ClN4O2S/c1-5-16-8-7-9-17(6-2)22(16)25-21(29)14-31-23-27-26-20(28(23)4)13-30-18-10-11-19(24)15(3)12-18/h7-12H,5-6,13-14H2,1-4H3,(H,25,29). The van der Waals surface area contributed by atoms with Gasteiger partial charge in [0.2, 0.25) is 5.91 Å². The number of thioether (sulfide) groups is 1. The third-order valence-corrected chi connectivity index (χ3v) is 6.46. The van der Waals surface area contributed by atoms with E-state index in [1.54, 1.807) is 0 Å². The molecule has 0 aliphatic carbocycles. The Morgan fingerprint density at radius 3 is 2.52 bits per heavy atom. The molecule has 0 saturated heterocycles. The average molecular weight is 459 g/mol. The quantitative estimate of drug-likeness (QED) is 0.445. The topological polar surface area (TPSA) is 69.0 Å². The van der Waals surface area contributed by atoms with Gasteiger partial charge in [-0.2, -0.15) is 0 Å². The number of halogens is 1. The second-order valence-electron chi connectivity index (χ2n) is 7.15. The van der Waals surface area contributed by atoms with Crippen LogP contribution in [0.3, 0.4) is 0 Å². The lowest BCUT2D eigenvalue weighted by Crippen LogP contribution is -2.17. The van der Waals surface area contributed by atoms with E-state index < -0.39 is 0 Å². The highest BCUT2D eigenvalue weighted by Gasteiger charge is 2.14. The zero-order valence-electron chi connectivity index (χ0n) is 18.2. The van der Waals surface area contributed by atoms with Crippen molar-refractivity contribution in [2.75, 3.05) is 11.1 Å². The number of rotatable bonds is 9. The summed E-state index contributed by atoms with van der Waals surface area (Å²) in [6, 6.07) is 11.7. The fourth-order valence-corrected chi connectivity index (χ4v) is 4.01. The number of para-hydroxylation sites is 1. The van der Waals surface area contributed by atoms with E-state index in [-0.39, 0.29) is 18.3 Å². The first kappa shape index (κ1) is 23.2. The van der Waals surface area contributed by atoms with E-state index in [0.717, 1.165) is 41.0 Å². The van der Waals surface area contributed by atoms with Gasteiger partial charge in [0.05, 0.1) is 5.75 Å². The molecule has 6 nitrogen and oxygen atoms in total. The summed E-state index contributed by atoms with van der Waals surface area (Å²) < 4.78 is 7.65. The van der Waals surface area contributed by atoms with Gasteiger partial charge in [-0.15, -0.1) is 10.2 Å². The van der Waals surface area contributed by atoms with E-state index in [1.807, 2.05) is 42.8 Å². The van der Waals surface area contributed by atoms with Crippen molar-refractivity contribution in [3.05, 3.63) is 63.9 Å². The number of carbonyl (C=O) groups is 1. The molecule has 1 heterocycles. The minimum Gasteiger partial charge on any atom is -0.486 e. The van der Waals surface area contributed by atoms with Crippen LogP contribution in [0.15, 0.2) is 41.6 Å². The van der Waals surface area contributed by atoms with Crippen molar-refractivity contribution >= 4 is 35.0 Å². The second-order valence-corrected chi connectivity index (χ2v) is 8.50. The molecule has 1 aromatic heterocycles. The number of anilines is 1. The van der Waals surface area contributed by atoms with Crippen LogP contribution >= 0.6 is 23.4 Å². The van der Waals surface area contributed by atoms with Crippen LogP contribution in [0.5, 0.6) is 5.75 Å². The summed E-state index contributed by atoms with van der Waals surface area (Å²) in [5.41, 5.74) is 4.18. The highest BCUT2D eigenvalue weighted by molar-refractivity contribution is 7.99. The molecule has 3 rings (SSSR count). The Balaban J connectivity index is 1.58. The van der Waals surface area contributed by atoms with Gasteiger partial charge in [-0.05, 0) is 54.7 Å². The molecule has 0 atom stereocenters. The molecule has 0 bridgehead atoms. The van der Waals surface area contributed by atoms with Crippen LogP contribution in [0.2, 0.25) is 5.02 Å².